The first-order valence-electron chi connectivity index (χ1n) is 6.72. The van der Waals surface area contributed by atoms with Crippen LogP contribution in [-0.2, 0) is 0 Å². The number of hydrogen-bond acceptors (Lipinski definition) is 4. The van der Waals surface area contributed by atoms with Crippen LogP contribution < -0.4 is 5.32 Å². The Morgan fingerprint density at radius 1 is 1.52 bits per heavy atom. The lowest BCUT2D eigenvalue weighted by Gasteiger charge is -2.20. The highest BCUT2D eigenvalue weighted by Crippen LogP contribution is 2.52. The zero-order valence-electron chi connectivity index (χ0n) is 11.9. The second-order valence-electron chi connectivity index (χ2n) is 5.78. The van der Waals surface area contributed by atoms with Gasteiger partial charge in [-0.1, -0.05) is 13.8 Å². The Balaban J connectivity index is 2.28. The number of aromatic carboxylic acids is 1. The van der Waals surface area contributed by atoms with Crippen molar-refractivity contribution >= 4 is 17.3 Å². The summed E-state index contributed by atoms with van der Waals surface area (Å²) < 4.78 is 13.7. The minimum atomic E-state index is -1.53. The summed E-state index contributed by atoms with van der Waals surface area (Å²) in [7, 11) is 0. The average molecular weight is 296 g/mol. The predicted molar refractivity (Wildman–Crippen MR) is 75.0 cm³/mol. The summed E-state index contributed by atoms with van der Waals surface area (Å²) >= 11 is 0. The number of nitrogens with zero attached hydrogens (tertiary/aromatic N) is 1. The van der Waals surface area contributed by atoms with Crippen molar-refractivity contribution in [3.63, 3.8) is 0 Å². The van der Waals surface area contributed by atoms with E-state index < -0.39 is 28.0 Å². The van der Waals surface area contributed by atoms with Gasteiger partial charge in [0.2, 0.25) is 0 Å². The van der Waals surface area contributed by atoms with Crippen LogP contribution in [0.15, 0.2) is 12.1 Å². The number of carboxylic acids is 1. The average Bonchev–Trinajstić information content (AvgIpc) is 3.16. The summed E-state index contributed by atoms with van der Waals surface area (Å²) in [6.45, 7) is 4.67. The molecule has 0 amide bonds. The normalized spacial score (nSPS) is 15.8. The van der Waals surface area contributed by atoms with Crippen molar-refractivity contribution in [1.82, 2.24) is 0 Å². The van der Waals surface area contributed by atoms with E-state index in [0.29, 0.717) is 12.5 Å². The Morgan fingerprint density at radius 2 is 2.14 bits per heavy atom. The van der Waals surface area contributed by atoms with E-state index in [1.54, 1.807) is 0 Å². The Morgan fingerprint density at radius 3 is 2.57 bits per heavy atom. The van der Waals surface area contributed by atoms with Crippen LogP contribution in [0.3, 0.4) is 0 Å². The maximum absolute atomic E-state index is 13.7. The highest BCUT2D eigenvalue weighted by atomic mass is 19.1. The molecule has 0 spiro atoms. The highest BCUT2D eigenvalue weighted by molar-refractivity contribution is 5.90. The Kier molecular flexibility index (Phi) is 3.85. The zero-order valence-corrected chi connectivity index (χ0v) is 11.9. The van der Waals surface area contributed by atoms with E-state index in [-0.39, 0.29) is 11.1 Å². The molecule has 0 atom stereocenters. The Labute approximate surface area is 121 Å². The van der Waals surface area contributed by atoms with Crippen LogP contribution in [0.1, 0.15) is 37.0 Å². The summed E-state index contributed by atoms with van der Waals surface area (Å²) in [4.78, 5) is 21.2. The van der Waals surface area contributed by atoms with Crippen molar-refractivity contribution in [2.24, 2.45) is 11.3 Å². The molecule has 1 aliphatic rings. The van der Waals surface area contributed by atoms with Crippen LogP contribution >= 0.6 is 0 Å². The Hall–Kier alpha value is -2.18. The SMILES string of the molecule is CC(C)C1(CNc2cc(F)c(C(=O)O)cc2[N+](=O)[O-])CC1. The number of rotatable bonds is 6. The van der Waals surface area contributed by atoms with Gasteiger partial charge in [-0.3, -0.25) is 10.1 Å². The smallest absolute Gasteiger partial charge is 0.338 e. The minimum Gasteiger partial charge on any atom is -0.478 e. The Bertz CT molecular complexity index is 597. The van der Waals surface area contributed by atoms with Gasteiger partial charge in [-0.05, 0) is 24.2 Å². The van der Waals surface area contributed by atoms with Crippen LogP contribution in [0.4, 0.5) is 15.8 Å². The molecular formula is C14H17FN2O4. The molecule has 1 fully saturated rings. The van der Waals surface area contributed by atoms with E-state index in [9.17, 15) is 19.3 Å². The van der Waals surface area contributed by atoms with Gasteiger partial charge in [0, 0.05) is 18.7 Å². The number of nitrogens with one attached hydrogen (secondary N) is 1. The van der Waals surface area contributed by atoms with Crippen LogP contribution in [-0.4, -0.2) is 22.5 Å². The van der Waals surface area contributed by atoms with Crippen LogP contribution in [0, 0.1) is 27.3 Å². The van der Waals surface area contributed by atoms with Gasteiger partial charge in [0.25, 0.3) is 5.69 Å². The summed E-state index contributed by atoms with van der Waals surface area (Å²) in [6.07, 6.45) is 2.06. The fourth-order valence-corrected chi connectivity index (χ4v) is 2.41. The van der Waals surface area contributed by atoms with Crippen LogP contribution in [0.2, 0.25) is 0 Å². The molecule has 0 unspecified atom stereocenters. The van der Waals surface area contributed by atoms with Crippen LogP contribution in [0.25, 0.3) is 0 Å². The van der Waals surface area contributed by atoms with E-state index in [1.165, 1.54) is 0 Å². The topological polar surface area (TPSA) is 92.5 Å². The number of anilines is 1. The maximum atomic E-state index is 13.7. The van der Waals surface area contributed by atoms with E-state index in [4.69, 9.17) is 5.11 Å². The zero-order chi connectivity index (χ0) is 15.8. The number of carbonyl (C=O) groups is 1. The standard InChI is InChI=1S/C14H17FN2O4/c1-8(2)14(3-4-14)7-16-11-6-10(15)9(13(18)19)5-12(11)17(20)21/h5-6,8,16H,3-4,7H2,1-2H3,(H,18,19). The highest BCUT2D eigenvalue weighted by Gasteiger charge is 2.45. The molecule has 0 aromatic heterocycles. The molecular weight excluding hydrogens is 279 g/mol. The molecule has 2 N–H and O–H groups in total. The lowest BCUT2D eigenvalue weighted by molar-refractivity contribution is -0.384. The summed E-state index contributed by atoms with van der Waals surface area (Å²) in [5.41, 5.74) is -1.00. The van der Waals surface area contributed by atoms with Crippen molar-refractivity contribution in [2.45, 2.75) is 26.7 Å². The molecule has 2 rings (SSSR count). The summed E-state index contributed by atoms with van der Waals surface area (Å²) in [5.74, 6) is -2.08. The van der Waals surface area contributed by atoms with Gasteiger partial charge >= 0.3 is 5.97 Å². The lowest BCUT2D eigenvalue weighted by Crippen LogP contribution is -2.21. The first kappa shape index (κ1) is 15.2. The third kappa shape index (κ3) is 2.96. The summed E-state index contributed by atoms with van der Waals surface area (Å²) in [5, 5.41) is 22.8. The van der Waals surface area contributed by atoms with Gasteiger partial charge in [-0.25, -0.2) is 9.18 Å². The second-order valence-corrected chi connectivity index (χ2v) is 5.78. The molecule has 6 nitrogen and oxygen atoms in total. The quantitative estimate of drug-likeness (QED) is 0.620. The number of nitro benzene ring substituents is 1. The predicted octanol–water partition coefficient (Wildman–Crippen LogP) is 3.28. The minimum absolute atomic E-state index is 0.0226. The molecule has 0 bridgehead atoms. The fourth-order valence-electron chi connectivity index (χ4n) is 2.41. The molecule has 1 aromatic carbocycles. The first-order chi connectivity index (χ1) is 9.77. The molecule has 0 radical (unpaired) electrons. The van der Waals surface area contributed by atoms with Crippen LogP contribution in [0.5, 0.6) is 0 Å². The largest absolute Gasteiger partial charge is 0.478 e. The number of nitro groups is 1. The van der Waals surface area contributed by atoms with Gasteiger partial charge in [0.1, 0.15) is 17.1 Å². The van der Waals surface area contributed by atoms with Gasteiger partial charge in [-0.15, -0.1) is 0 Å². The number of carboxylic acid groups (broad SMARTS) is 1. The maximum Gasteiger partial charge on any atom is 0.338 e. The van der Waals surface area contributed by atoms with Gasteiger partial charge in [0.05, 0.1) is 4.92 Å². The molecule has 21 heavy (non-hydrogen) atoms. The van der Waals surface area contributed by atoms with Crippen molar-refractivity contribution in [3.8, 4) is 0 Å². The van der Waals surface area contributed by atoms with Crippen molar-refractivity contribution in [1.29, 1.82) is 0 Å². The molecule has 7 heteroatoms. The lowest BCUT2D eigenvalue weighted by atomic mass is 9.92. The van der Waals surface area contributed by atoms with Crippen molar-refractivity contribution in [2.75, 3.05) is 11.9 Å². The molecule has 1 aliphatic carbocycles. The molecule has 114 valence electrons. The van der Waals surface area contributed by atoms with Gasteiger partial charge < -0.3 is 10.4 Å². The number of benzene rings is 1. The van der Waals surface area contributed by atoms with Gasteiger partial charge in [-0.2, -0.15) is 0 Å². The molecule has 0 heterocycles. The summed E-state index contributed by atoms with van der Waals surface area (Å²) in [6, 6.07) is 1.65. The van der Waals surface area contributed by atoms with Crippen molar-refractivity contribution in [3.05, 3.63) is 33.6 Å². The third-order valence-electron chi connectivity index (χ3n) is 4.26. The van der Waals surface area contributed by atoms with E-state index in [2.05, 4.69) is 19.2 Å². The molecule has 1 saturated carbocycles. The van der Waals surface area contributed by atoms with E-state index in [0.717, 1.165) is 25.0 Å². The van der Waals surface area contributed by atoms with Gasteiger partial charge in [0.15, 0.2) is 0 Å². The van der Waals surface area contributed by atoms with E-state index >= 15 is 0 Å². The molecule has 0 saturated heterocycles. The number of halogens is 1. The molecule has 0 aliphatic heterocycles. The van der Waals surface area contributed by atoms with Crippen molar-refractivity contribution < 1.29 is 19.2 Å². The third-order valence-corrected chi connectivity index (χ3v) is 4.26. The molecule has 1 aromatic rings. The fraction of sp³-hybridized carbons (Fsp3) is 0.500. The first-order valence-corrected chi connectivity index (χ1v) is 6.72. The second kappa shape index (κ2) is 5.31. The monoisotopic (exact) mass is 296 g/mol. The van der Waals surface area contributed by atoms with E-state index in [1.807, 2.05) is 0 Å². The number of hydrogen-bond donors (Lipinski definition) is 2.